The zero-order valence-corrected chi connectivity index (χ0v) is 38.0. The third-order valence-electron chi connectivity index (χ3n) is 10.6. The molecule has 8 aromatic carbocycles. The van der Waals surface area contributed by atoms with Crippen LogP contribution in [-0.2, 0) is 5.41 Å². The van der Waals surface area contributed by atoms with Crippen molar-refractivity contribution in [1.29, 1.82) is 0 Å². The molecule has 1 aliphatic rings. The molecule has 8 aromatic rings. The summed E-state index contributed by atoms with van der Waals surface area (Å²) in [5.74, 6) is 0. The summed E-state index contributed by atoms with van der Waals surface area (Å²) in [6.07, 6.45) is 0. The molecule has 0 aliphatic heterocycles. The number of anilines is 6. The molecule has 0 heterocycles. The highest BCUT2D eigenvalue weighted by atomic mass is 15.1. The minimum Gasteiger partial charge on any atom is -0.310 e. The number of hydrogen-bond acceptors (Lipinski definition) is 2. The van der Waals surface area contributed by atoms with Gasteiger partial charge in [-0.15, -0.1) is 0 Å². The minimum absolute atomic E-state index is 0.579. The van der Waals surface area contributed by atoms with Crippen molar-refractivity contribution < 1.29 is 0 Å². The molecular formula is C59H64N2. The van der Waals surface area contributed by atoms with E-state index in [2.05, 4.69) is 230 Å². The van der Waals surface area contributed by atoms with Gasteiger partial charge in [-0.05, 0) is 120 Å². The number of benzene rings is 8. The van der Waals surface area contributed by atoms with Crippen LogP contribution in [0.2, 0.25) is 0 Å². The first-order chi connectivity index (χ1) is 30.1. The Bertz CT molecular complexity index is 2310. The Morgan fingerprint density at radius 2 is 0.541 bits per heavy atom. The maximum absolute atomic E-state index is 2.44. The molecule has 0 unspecified atom stereocenters. The predicted molar refractivity (Wildman–Crippen MR) is 268 cm³/mol. The minimum atomic E-state index is -0.579. The summed E-state index contributed by atoms with van der Waals surface area (Å²) in [7, 11) is 0. The highest BCUT2D eigenvalue weighted by molar-refractivity contribution is 5.91. The molecule has 1 aliphatic carbocycles. The first-order valence-corrected chi connectivity index (χ1v) is 22.4. The van der Waals surface area contributed by atoms with Crippen LogP contribution in [0, 0.1) is 13.8 Å². The molecule has 0 atom stereocenters. The summed E-state index contributed by atoms with van der Waals surface area (Å²) in [5, 5.41) is 0. The van der Waals surface area contributed by atoms with Crippen molar-refractivity contribution in [2.75, 3.05) is 9.80 Å². The largest absolute Gasteiger partial charge is 0.310 e. The van der Waals surface area contributed by atoms with E-state index < -0.39 is 5.41 Å². The standard InChI is InChI=1S/C51H40N2.4C2H6/c1-37-23-27-43(28-24-37)52(41-19-11-5-12-20-41)45-31-33-47-48-34-32-46(53(42-21-13-6-14-22-42)44-29-25-38(2)26-30-44)36-50(48)51(49(47)35-45,39-15-7-3-8-16-39)40-17-9-4-10-18-40;4*1-2/h3-36H,1-2H3;4*1-2H3. The van der Waals surface area contributed by atoms with Gasteiger partial charge >= 0.3 is 0 Å². The molecule has 2 heteroatoms. The lowest BCUT2D eigenvalue weighted by atomic mass is 9.67. The Hall–Kier alpha value is -6.64. The number of rotatable bonds is 8. The van der Waals surface area contributed by atoms with Gasteiger partial charge in [-0.25, -0.2) is 0 Å². The third kappa shape index (κ3) is 9.25. The SMILES string of the molecule is CC.CC.CC.CC.Cc1ccc(N(c2ccccc2)c2ccc3c(c2)C(c2ccccc2)(c2ccccc2)c2cc(N(c4ccccc4)c4ccc(C)cc4)ccc2-3)cc1. The van der Waals surface area contributed by atoms with Crippen molar-refractivity contribution in [2.45, 2.75) is 74.7 Å². The average Bonchev–Trinajstić information content (AvgIpc) is 3.64. The fourth-order valence-corrected chi connectivity index (χ4v) is 8.18. The van der Waals surface area contributed by atoms with Crippen LogP contribution in [0.25, 0.3) is 11.1 Å². The smallest absolute Gasteiger partial charge is 0.0715 e. The summed E-state index contributed by atoms with van der Waals surface area (Å²) >= 11 is 0. The lowest BCUT2D eigenvalue weighted by molar-refractivity contribution is 0.768. The van der Waals surface area contributed by atoms with Crippen LogP contribution in [0.5, 0.6) is 0 Å². The second-order valence-electron chi connectivity index (χ2n) is 14.0. The second kappa shape index (κ2) is 22.1. The number of hydrogen-bond donors (Lipinski definition) is 0. The van der Waals surface area contributed by atoms with Gasteiger partial charge in [-0.3, -0.25) is 0 Å². The highest BCUT2D eigenvalue weighted by Gasteiger charge is 2.47. The molecule has 0 bridgehead atoms. The van der Waals surface area contributed by atoms with Crippen molar-refractivity contribution in [1.82, 2.24) is 0 Å². The number of aryl methyl sites for hydroxylation is 2. The molecule has 9 rings (SSSR count). The Morgan fingerprint density at radius 3 is 0.852 bits per heavy atom. The zero-order chi connectivity index (χ0) is 43.8. The number of para-hydroxylation sites is 2. The Balaban J connectivity index is 0.000000833. The fraction of sp³-hybridized carbons (Fsp3) is 0.186. The van der Waals surface area contributed by atoms with E-state index in [9.17, 15) is 0 Å². The van der Waals surface area contributed by atoms with Gasteiger partial charge in [-0.2, -0.15) is 0 Å². The van der Waals surface area contributed by atoms with Gasteiger partial charge in [0, 0.05) is 34.1 Å². The topological polar surface area (TPSA) is 6.48 Å². The number of fused-ring (bicyclic) bond motifs is 3. The van der Waals surface area contributed by atoms with Crippen molar-refractivity contribution >= 4 is 34.1 Å². The van der Waals surface area contributed by atoms with E-state index in [1.54, 1.807) is 0 Å². The molecule has 0 amide bonds. The lowest BCUT2D eigenvalue weighted by Crippen LogP contribution is -2.29. The van der Waals surface area contributed by atoms with Gasteiger partial charge in [0.1, 0.15) is 0 Å². The van der Waals surface area contributed by atoms with Crippen LogP contribution in [0.4, 0.5) is 34.1 Å². The van der Waals surface area contributed by atoms with Crippen LogP contribution < -0.4 is 9.80 Å². The summed E-state index contributed by atoms with van der Waals surface area (Å²) in [6.45, 7) is 20.3. The van der Waals surface area contributed by atoms with E-state index in [0.29, 0.717) is 0 Å². The van der Waals surface area contributed by atoms with E-state index in [1.807, 2.05) is 55.4 Å². The molecule has 61 heavy (non-hydrogen) atoms. The zero-order valence-electron chi connectivity index (χ0n) is 38.0. The summed E-state index contributed by atoms with van der Waals surface area (Å²) in [4.78, 5) is 4.76. The quantitative estimate of drug-likeness (QED) is 0.151. The molecule has 0 radical (unpaired) electrons. The van der Waals surface area contributed by atoms with E-state index in [1.165, 1.54) is 44.5 Å². The molecule has 0 N–H and O–H groups in total. The first-order valence-electron chi connectivity index (χ1n) is 22.4. The molecule has 0 saturated carbocycles. The van der Waals surface area contributed by atoms with E-state index in [4.69, 9.17) is 0 Å². The number of nitrogens with zero attached hydrogens (tertiary/aromatic N) is 2. The molecule has 0 aromatic heterocycles. The van der Waals surface area contributed by atoms with Crippen molar-refractivity contribution in [3.63, 3.8) is 0 Å². The fourth-order valence-electron chi connectivity index (χ4n) is 8.18. The monoisotopic (exact) mass is 801 g/mol. The van der Waals surface area contributed by atoms with Gasteiger partial charge in [0.05, 0.1) is 5.41 Å². The van der Waals surface area contributed by atoms with Gasteiger partial charge in [0.2, 0.25) is 0 Å². The van der Waals surface area contributed by atoms with Crippen molar-refractivity contribution in [3.05, 3.63) is 240 Å². The van der Waals surface area contributed by atoms with Crippen molar-refractivity contribution in [3.8, 4) is 11.1 Å². The van der Waals surface area contributed by atoms with E-state index in [-0.39, 0.29) is 0 Å². The highest BCUT2D eigenvalue weighted by Crippen LogP contribution is 2.58. The second-order valence-corrected chi connectivity index (χ2v) is 14.0. The molecule has 0 fully saturated rings. The van der Waals surface area contributed by atoms with Crippen LogP contribution in [0.1, 0.15) is 88.8 Å². The molecule has 0 saturated heterocycles. The summed E-state index contributed by atoms with van der Waals surface area (Å²) < 4.78 is 0. The van der Waals surface area contributed by atoms with Crippen LogP contribution in [0.15, 0.2) is 206 Å². The van der Waals surface area contributed by atoms with Gasteiger partial charge in [0.25, 0.3) is 0 Å². The summed E-state index contributed by atoms with van der Waals surface area (Å²) in [5.41, 5.74) is 16.2. The normalized spacial score (nSPS) is 11.2. The van der Waals surface area contributed by atoms with Gasteiger partial charge in [0.15, 0.2) is 0 Å². The van der Waals surface area contributed by atoms with Gasteiger partial charge < -0.3 is 9.80 Å². The van der Waals surface area contributed by atoms with E-state index >= 15 is 0 Å². The predicted octanol–water partition coefficient (Wildman–Crippen LogP) is 17.7. The lowest BCUT2D eigenvalue weighted by Gasteiger charge is -2.35. The Kier molecular flexibility index (Phi) is 16.5. The van der Waals surface area contributed by atoms with Crippen LogP contribution in [-0.4, -0.2) is 0 Å². The molecule has 0 spiro atoms. The molecular weight excluding hydrogens is 737 g/mol. The Morgan fingerprint density at radius 1 is 0.279 bits per heavy atom. The van der Waals surface area contributed by atoms with Crippen LogP contribution >= 0.6 is 0 Å². The maximum Gasteiger partial charge on any atom is 0.0715 e. The summed E-state index contributed by atoms with van der Waals surface area (Å²) in [6, 6.07) is 75.4. The van der Waals surface area contributed by atoms with E-state index in [0.717, 1.165) is 34.1 Å². The Labute approximate surface area is 367 Å². The van der Waals surface area contributed by atoms with Crippen molar-refractivity contribution in [2.24, 2.45) is 0 Å². The third-order valence-corrected chi connectivity index (χ3v) is 10.6. The average molecular weight is 801 g/mol. The first kappa shape index (κ1) is 45.4. The maximum atomic E-state index is 2.44. The van der Waals surface area contributed by atoms with Gasteiger partial charge in [-0.1, -0.05) is 200 Å². The van der Waals surface area contributed by atoms with Crippen LogP contribution in [0.3, 0.4) is 0 Å². The molecule has 2 nitrogen and oxygen atoms in total. The molecule has 310 valence electrons.